The number of carbonyl (C=O) groups is 1. The SMILES string of the molecule is COC1CN(C(=O)c2cc(Cc3n[nH]c(=O)c4ccccc34)ccc2F)C1. The van der Waals surface area contributed by atoms with Gasteiger partial charge in [0, 0.05) is 32.0 Å². The van der Waals surface area contributed by atoms with Crippen LogP contribution >= 0.6 is 0 Å². The number of hydrogen-bond acceptors (Lipinski definition) is 4. The van der Waals surface area contributed by atoms with Crippen LogP contribution in [0, 0.1) is 5.82 Å². The van der Waals surface area contributed by atoms with Crippen molar-refractivity contribution >= 4 is 16.7 Å². The summed E-state index contributed by atoms with van der Waals surface area (Å²) in [5.41, 5.74) is 1.19. The summed E-state index contributed by atoms with van der Waals surface area (Å²) < 4.78 is 19.4. The summed E-state index contributed by atoms with van der Waals surface area (Å²) in [6, 6.07) is 11.7. The third kappa shape index (κ3) is 3.21. The Morgan fingerprint density at radius 1 is 1.26 bits per heavy atom. The van der Waals surface area contributed by atoms with Crippen LogP contribution in [0.2, 0.25) is 0 Å². The van der Waals surface area contributed by atoms with Crippen LogP contribution in [-0.2, 0) is 11.2 Å². The molecule has 6 nitrogen and oxygen atoms in total. The van der Waals surface area contributed by atoms with E-state index in [1.54, 1.807) is 36.3 Å². The van der Waals surface area contributed by atoms with E-state index < -0.39 is 5.82 Å². The van der Waals surface area contributed by atoms with Gasteiger partial charge in [-0.05, 0) is 23.8 Å². The average Bonchev–Trinajstić information content (AvgIpc) is 2.65. The monoisotopic (exact) mass is 367 g/mol. The summed E-state index contributed by atoms with van der Waals surface area (Å²) in [6.45, 7) is 0.927. The summed E-state index contributed by atoms with van der Waals surface area (Å²) in [6.07, 6.45) is 0.385. The van der Waals surface area contributed by atoms with Crippen LogP contribution in [0.1, 0.15) is 21.6 Å². The maximum Gasteiger partial charge on any atom is 0.272 e. The van der Waals surface area contributed by atoms with Crippen LogP contribution in [0.5, 0.6) is 0 Å². The predicted octanol–water partition coefficient (Wildman–Crippen LogP) is 2.12. The minimum atomic E-state index is -0.552. The number of aromatic nitrogens is 2. The molecule has 4 rings (SSSR count). The van der Waals surface area contributed by atoms with Crippen molar-refractivity contribution in [2.45, 2.75) is 12.5 Å². The number of nitrogens with zero attached hydrogens (tertiary/aromatic N) is 2. The van der Waals surface area contributed by atoms with Gasteiger partial charge in [0.1, 0.15) is 5.82 Å². The molecule has 0 atom stereocenters. The topological polar surface area (TPSA) is 75.3 Å². The fourth-order valence-corrected chi connectivity index (χ4v) is 3.27. The van der Waals surface area contributed by atoms with Crippen molar-refractivity contribution in [3.05, 3.63) is 75.5 Å². The molecule has 27 heavy (non-hydrogen) atoms. The van der Waals surface area contributed by atoms with Crippen LogP contribution < -0.4 is 5.56 Å². The minimum absolute atomic E-state index is 0.0110. The van der Waals surface area contributed by atoms with Crippen molar-refractivity contribution in [1.82, 2.24) is 15.1 Å². The van der Waals surface area contributed by atoms with E-state index in [2.05, 4.69) is 10.2 Å². The van der Waals surface area contributed by atoms with E-state index in [1.165, 1.54) is 6.07 Å². The number of likely N-dealkylation sites (tertiary alicyclic amines) is 1. The molecule has 0 aliphatic carbocycles. The Kier molecular flexibility index (Phi) is 4.45. The van der Waals surface area contributed by atoms with Crippen molar-refractivity contribution in [2.24, 2.45) is 0 Å². The Hall–Kier alpha value is -3.06. The van der Waals surface area contributed by atoms with E-state index in [-0.39, 0.29) is 23.1 Å². The third-order valence-electron chi connectivity index (χ3n) is 4.88. The van der Waals surface area contributed by atoms with E-state index >= 15 is 0 Å². The number of rotatable bonds is 4. The minimum Gasteiger partial charge on any atom is -0.378 e. The van der Waals surface area contributed by atoms with E-state index in [9.17, 15) is 14.0 Å². The summed E-state index contributed by atoms with van der Waals surface area (Å²) >= 11 is 0. The number of carbonyl (C=O) groups excluding carboxylic acids is 1. The maximum absolute atomic E-state index is 14.2. The van der Waals surface area contributed by atoms with Gasteiger partial charge < -0.3 is 9.64 Å². The van der Waals surface area contributed by atoms with Crippen molar-refractivity contribution in [1.29, 1.82) is 0 Å². The molecule has 0 spiro atoms. The molecule has 1 N–H and O–H groups in total. The van der Waals surface area contributed by atoms with Gasteiger partial charge in [-0.1, -0.05) is 24.3 Å². The zero-order valence-corrected chi connectivity index (χ0v) is 14.7. The molecule has 138 valence electrons. The van der Waals surface area contributed by atoms with Crippen molar-refractivity contribution in [2.75, 3.05) is 20.2 Å². The number of benzene rings is 2. The fourth-order valence-electron chi connectivity index (χ4n) is 3.27. The zero-order valence-electron chi connectivity index (χ0n) is 14.7. The lowest BCUT2D eigenvalue weighted by atomic mass is 10.0. The van der Waals surface area contributed by atoms with Gasteiger partial charge in [-0.2, -0.15) is 5.10 Å². The van der Waals surface area contributed by atoms with E-state index in [1.807, 2.05) is 12.1 Å². The lowest BCUT2D eigenvalue weighted by Gasteiger charge is -2.38. The molecule has 0 saturated carbocycles. The smallest absolute Gasteiger partial charge is 0.272 e. The van der Waals surface area contributed by atoms with Gasteiger partial charge in [0.2, 0.25) is 0 Å². The maximum atomic E-state index is 14.2. The lowest BCUT2D eigenvalue weighted by molar-refractivity contribution is -0.0194. The van der Waals surface area contributed by atoms with E-state index in [4.69, 9.17) is 4.74 Å². The van der Waals surface area contributed by atoms with Gasteiger partial charge in [0.25, 0.3) is 11.5 Å². The van der Waals surface area contributed by atoms with E-state index in [0.717, 1.165) is 10.9 Å². The molecule has 3 aromatic rings. The standard InChI is InChI=1S/C20H18FN3O3/c1-27-13-10-24(11-13)20(26)16-8-12(6-7-17(16)21)9-18-14-4-2-3-5-15(14)19(25)23-22-18/h2-8,13H,9-11H2,1H3,(H,23,25). The first-order chi connectivity index (χ1) is 13.1. The molecule has 0 unspecified atom stereocenters. The average molecular weight is 367 g/mol. The van der Waals surface area contributed by atoms with Crippen LogP contribution in [0.25, 0.3) is 10.8 Å². The molecule has 2 aromatic carbocycles. The van der Waals surface area contributed by atoms with Crippen LogP contribution in [0.4, 0.5) is 4.39 Å². The summed E-state index contributed by atoms with van der Waals surface area (Å²) in [4.78, 5) is 26.0. The highest BCUT2D eigenvalue weighted by Gasteiger charge is 2.32. The predicted molar refractivity (Wildman–Crippen MR) is 98.3 cm³/mol. The number of H-pyrrole nitrogens is 1. The summed E-state index contributed by atoms with van der Waals surface area (Å²) in [5.74, 6) is -0.897. The molecular weight excluding hydrogens is 349 g/mol. The van der Waals surface area contributed by atoms with Crippen molar-refractivity contribution in [3.63, 3.8) is 0 Å². The summed E-state index contributed by atoms with van der Waals surface area (Å²) in [7, 11) is 1.59. The number of hydrogen-bond donors (Lipinski definition) is 1. The molecule has 1 aliphatic heterocycles. The number of fused-ring (bicyclic) bond motifs is 1. The first-order valence-corrected chi connectivity index (χ1v) is 8.63. The van der Waals surface area contributed by atoms with Gasteiger partial charge in [-0.3, -0.25) is 9.59 Å². The molecule has 1 fully saturated rings. The second-order valence-corrected chi connectivity index (χ2v) is 6.60. The number of halogens is 1. The molecule has 1 saturated heterocycles. The third-order valence-corrected chi connectivity index (χ3v) is 4.88. The molecular formula is C20H18FN3O3. The first-order valence-electron chi connectivity index (χ1n) is 8.63. The van der Waals surface area contributed by atoms with Gasteiger partial charge >= 0.3 is 0 Å². The Morgan fingerprint density at radius 3 is 2.74 bits per heavy atom. The van der Waals surface area contributed by atoms with Gasteiger partial charge in [-0.25, -0.2) is 9.49 Å². The highest BCUT2D eigenvalue weighted by molar-refractivity contribution is 5.95. The van der Waals surface area contributed by atoms with Crippen LogP contribution in [0.3, 0.4) is 0 Å². The summed E-state index contributed by atoms with van der Waals surface area (Å²) in [5, 5.41) is 7.92. The molecule has 1 aromatic heterocycles. The first kappa shape index (κ1) is 17.4. The molecule has 0 bridgehead atoms. The number of amides is 1. The Morgan fingerprint density at radius 2 is 2.00 bits per heavy atom. The van der Waals surface area contributed by atoms with E-state index in [0.29, 0.717) is 30.6 Å². The van der Waals surface area contributed by atoms with Crippen molar-refractivity contribution in [3.8, 4) is 0 Å². The van der Waals surface area contributed by atoms with Crippen molar-refractivity contribution < 1.29 is 13.9 Å². The number of methoxy groups -OCH3 is 1. The Labute approximate surface area is 154 Å². The number of nitrogens with one attached hydrogen (secondary N) is 1. The van der Waals surface area contributed by atoms with Gasteiger partial charge in [-0.15, -0.1) is 0 Å². The Bertz CT molecular complexity index is 1070. The largest absolute Gasteiger partial charge is 0.378 e. The molecule has 2 heterocycles. The van der Waals surface area contributed by atoms with Crippen LogP contribution in [-0.4, -0.2) is 47.3 Å². The molecule has 1 aliphatic rings. The fraction of sp³-hybridized carbons (Fsp3) is 0.250. The second kappa shape index (κ2) is 6.92. The highest BCUT2D eigenvalue weighted by atomic mass is 19.1. The molecule has 1 amide bonds. The highest BCUT2D eigenvalue weighted by Crippen LogP contribution is 2.21. The lowest BCUT2D eigenvalue weighted by Crippen LogP contribution is -2.54. The molecule has 7 heteroatoms. The zero-order chi connectivity index (χ0) is 19.0. The van der Waals surface area contributed by atoms with Crippen LogP contribution in [0.15, 0.2) is 47.3 Å². The Balaban J connectivity index is 1.64. The number of aromatic amines is 1. The number of ether oxygens (including phenoxy) is 1. The van der Waals surface area contributed by atoms with Gasteiger partial charge in [0.05, 0.1) is 22.7 Å². The second-order valence-electron chi connectivity index (χ2n) is 6.60. The van der Waals surface area contributed by atoms with Gasteiger partial charge in [0.15, 0.2) is 0 Å². The molecule has 0 radical (unpaired) electrons. The quantitative estimate of drug-likeness (QED) is 0.767. The normalized spacial score (nSPS) is 14.4.